The second kappa shape index (κ2) is 10.8. The Balaban J connectivity index is 2.26. The Morgan fingerprint density at radius 1 is 1.08 bits per heavy atom. The highest BCUT2D eigenvalue weighted by atomic mass is 32.1. The second-order valence-corrected chi connectivity index (χ2v) is 6.66. The lowest BCUT2D eigenvalue weighted by Crippen LogP contribution is -2.10. The first-order chi connectivity index (χ1) is 12.7. The van der Waals surface area contributed by atoms with E-state index in [1.54, 1.807) is 6.07 Å². The lowest BCUT2D eigenvalue weighted by molar-refractivity contribution is 0.0499. The summed E-state index contributed by atoms with van der Waals surface area (Å²) >= 11 is 4.61. The number of benzene rings is 2. The van der Waals surface area contributed by atoms with Gasteiger partial charge in [0.25, 0.3) is 0 Å². The number of anilines is 3. The van der Waals surface area contributed by atoms with Crippen LogP contribution in [0.2, 0.25) is 0 Å². The van der Waals surface area contributed by atoms with Gasteiger partial charge in [-0.1, -0.05) is 44.9 Å². The van der Waals surface area contributed by atoms with Crippen LogP contribution in [-0.2, 0) is 4.74 Å². The summed E-state index contributed by atoms with van der Waals surface area (Å²) < 4.78 is 5.34. The van der Waals surface area contributed by atoms with E-state index in [0.29, 0.717) is 17.1 Å². The maximum absolute atomic E-state index is 12.3. The highest BCUT2D eigenvalue weighted by Gasteiger charge is 2.15. The molecular weight excluding hydrogens is 344 g/mol. The van der Waals surface area contributed by atoms with Gasteiger partial charge in [-0.3, -0.25) is 0 Å². The van der Waals surface area contributed by atoms with Crippen molar-refractivity contribution in [3.63, 3.8) is 0 Å². The summed E-state index contributed by atoms with van der Waals surface area (Å²) in [4.78, 5) is 13.0. The molecule has 4 nitrogen and oxygen atoms in total. The Hall–Kier alpha value is -2.14. The molecular formula is C21H28N2O2S. The third-order valence-corrected chi connectivity index (χ3v) is 4.33. The smallest absolute Gasteiger partial charge is 0.338 e. The molecule has 140 valence electrons. The van der Waals surface area contributed by atoms with Crippen molar-refractivity contribution in [2.75, 3.05) is 23.8 Å². The molecule has 0 unspecified atom stereocenters. The van der Waals surface area contributed by atoms with Crippen molar-refractivity contribution in [1.82, 2.24) is 0 Å². The maximum atomic E-state index is 12.3. The van der Waals surface area contributed by atoms with Gasteiger partial charge < -0.3 is 15.4 Å². The molecule has 26 heavy (non-hydrogen) atoms. The highest BCUT2D eigenvalue weighted by molar-refractivity contribution is 7.80. The zero-order chi connectivity index (χ0) is 18.8. The minimum absolute atomic E-state index is 0.307. The monoisotopic (exact) mass is 372 g/mol. The molecule has 2 aromatic rings. The first-order valence-electron chi connectivity index (χ1n) is 9.25. The SMILES string of the molecule is CCCCNc1cc(C(=O)OCCCC)cc(S)c1Nc1ccccc1. The van der Waals surface area contributed by atoms with Crippen molar-refractivity contribution >= 4 is 35.7 Å². The summed E-state index contributed by atoms with van der Waals surface area (Å²) in [5, 5.41) is 6.81. The zero-order valence-electron chi connectivity index (χ0n) is 15.5. The van der Waals surface area contributed by atoms with Gasteiger partial charge in [-0.15, -0.1) is 12.6 Å². The Bertz CT molecular complexity index is 705. The summed E-state index contributed by atoms with van der Waals surface area (Å²) in [7, 11) is 0. The number of unbranched alkanes of at least 4 members (excludes halogenated alkanes) is 2. The number of para-hydroxylation sites is 1. The molecule has 2 rings (SSSR count). The van der Waals surface area contributed by atoms with Crippen LogP contribution in [0.4, 0.5) is 17.1 Å². The van der Waals surface area contributed by atoms with Gasteiger partial charge in [-0.05, 0) is 37.1 Å². The molecule has 0 aromatic heterocycles. The van der Waals surface area contributed by atoms with E-state index < -0.39 is 0 Å². The normalized spacial score (nSPS) is 10.4. The van der Waals surface area contributed by atoms with E-state index in [4.69, 9.17) is 4.74 Å². The predicted molar refractivity (Wildman–Crippen MR) is 112 cm³/mol. The van der Waals surface area contributed by atoms with Gasteiger partial charge in [0.15, 0.2) is 0 Å². The van der Waals surface area contributed by atoms with Crippen molar-refractivity contribution in [2.24, 2.45) is 0 Å². The molecule has 0 saturated carbocycles. The van der Waals surface area contributed by atoms with Crippen LogP contribution in [-0.4, -0.2) is 19.1 Å². The molecule has 0 atom stereocenters. The first kappa shape index (κ1) is 20.2. The summed E-state index contributed by atoms with van der Waals surface area (Å²) in [5.41, 5.74) is 3.21. The molecule has 2 aromatic carbocycles. The first-order valence-corrected chi connectivity index (χ1v) is 9.70. The van der Waals surface area contributed by atoms with Crippen LogP contribution in [0.5, 0.6) is 0 Å². The number of thiol groups is 1. The van der Waals surface area contributed by atoms with Crippen LogP contribution in [0.1, 0.15) is 49.9 Å². The summed E-state index contributed by atoms with van der Waals surface area (Å²) in [5.74, 6) is -0.307. The lowest BCUT2D eigenvalue weighted by Gasteiger charge is -2.17. The largest absolute Gasteiger partial charge is 0.462 e. The van der Waals surface area contributed by atoms with Crippen LogP contribution in [0.3, 0.4) is 0 Å². The van der Waals surface area contributed by atoms with Gasteiger partial charge in [-0.2, -0.15) is 0 Å². The molecule has 0 aliphatic rings. The van der Waals surface area contributed by atoms with E-state index in [9.17, 15) is 4.79 Å². The van der Waals surface area contributed by atoms with Gasteiger partial charge in [0.2, 0.25) is 0 Å². The zero-order valence-corrected chi connectivity index (χ0v) is 16.4. The number of esters is 1. The molecule has 0 aliphatic heterocycles. The average Bonchev–Trinajstić information content (AvgIpc) is 2.65. The Labute approximate surface area is 161 Å². The van der Waals surface area contributed by atoms with Crippen molar-refractivity contribution in [1.29, 1.82) is 0 Å². The van der Waals surface area contributed by atoms with Crippen molar-refractivity contribution in [3.05, 3.63) is 48.0 Å². The van der Waals surface area contributed by atoms with Crippen LogP contribution < -0.4 is 10.6 Å². The topological polar surface area (TPSA) is 50.4 Å². The average molecular weight is 373 g/mol. The number of carbonyl (C=O) groups is 1. The number of rotatable bonds is 10. The van der Waals surface area contributed by atoms with E-state index >= 15 is 0 Å². The lowest BCUT2D eigenvalue weighted by atomic mass is 10.1. The number of carbonyl (C=O) groups excluding carboxylic acids is 1. The quantitative estimate of drug-likeness (QED) is 0.277. The maximum Gasteiger partial charge on any atom is 0.338 e. The van der Waals surface area contributed by atoms with Gasteiger partial charge in [-0.25, -0.2) is 4.79 Å². The molecule has 0 aliphatic carbocycles. The van der Waals surface area contributed by atoms with Gasteiger partial charge in [0, 0.05) is 17.1 Å². The summed E-state index contributed by atoms with van der Waals surface area (Å²) in [6.07, 6.45) is 4.02. The van der Waals surface area contributed by atoms with E-state index in [1.165, 1.54) is 0 Å². The third kappa shape index (κ3) is 5.99. The number of hydrogen-bond donors (Lipinski definition) is 3. The number of ether oxygens (including phenoxy) is 1. The molecule has 0 amide bonds. The molecule has 5 heteroatoms. The van der Waals surface area contributed by atoms with E-state index in [1.807, 2.05) is 36.4 Å². The fraction of sp³-hybridized carbons (Fsp3) is 0.381. The van der Waals surface area contributed by atoms with E-state index in [2.05, 4.69) is 37.1 Å². The minimum atomic E-state index is -0.307. The van der Waals surface area contributed by atoms with Gasteiger partial charge >= 0.3 is 5.97 Å². The molecule has 0 fully saturated rings. The molecule has 2 N–H and O–H groups in total. The van der Waals surface area contributed by atoms with Gasteiger partial charge in [0.1, 0.15) is 0 Å². The van der Waals surface area contributed by atoms with Crippen LogP contribution in [0.15, 0.2) is 47.4 Å². The van der Waals surface area contributed by atoms with Crippen LogP contribution in [0, 0.1) is 0 Å². The molecule has 0 heterocycles. The summed E-state index contributed by atoms with van der Waals surface area (Å²) in [6, 6.07) is 13.5. The fourth-order valence-corrected chi connectivity index (χ4v) is 2.79. The van der Waals surface area contributed by atoms with Gasteiger partial charge in [0.05, 0.1) is 23.5 Å². The Morgan fingerprint density at radius 2 is 1.81 bits per heavy atom. The van der Waals surface area contributed by atoms with Crippen molar-refractivity contribution in [3.8, 4) is 0 Å². The fourth-order valence-electron chi connectivity index (χ4n) is 2.47. The van der Waals surface area contributed by atoms with Crippen molar-refractivity contribution in [2.45, 2.75) is 44.4 Å². The molecule has 0 radical (unpaired) electrons. The Morgan fingerprint density at radius 3 is 2.50 bits per heavy atom. The van der Waals surface area contributed by atoms with Crippen molar-refractivity contribution < 1.29 is 9.53 Å². The summed E-state index contributed by atoms with van der Waals surface area (Å²) in [6.45, 7) is 5.50. The predicted octanol–water partition coefficient (Wildman–Crippen LogP) is 5.89. The van der Waals surface area contributed by atoms with Crippen LogP contribution in [0.25, 0.3) is 0 Å². The molecule has 0 saturated heterocycles. The van der Waals surface area contributed by atoms with Crippen LogP contribution >= 0.6 is 12.6 Å². The minimum Gasteiger partial charge on any atom is -0.462 e. The number of hydrogen-bond acceptors (Lipinski definition) is 5. The van der Waals surface area contributed by atoms with E-state index in [-0.39, 0.29) is 5.97 Å². The third-order valence-electron chi connectivity index (χ3n) is 3.97. The number of nitrogens with one attached hydrogen (secondary N) is 2. The highest BCUT2D eigenvalue weighted by Crippen LogP contribution is 2.34. The second-order valence-electron chi connectivity index (χ2n) is 6.18. The molecule has 0 spiro atoms. The van der Waals surface area contributed by atoms with E-state index in [0.717, 1.165) is 49.3 Å². The molecule has 0 bridgehead atoms. The standard InChI is InChI=1S/C21H28N2O2S/c1-3-5-12-22-18-14-16(21(24)25-13-6-4-2)15-19(26)20(18)23-17-10-8-7-9-11-17/h7-11,14-15,22-23,26H,3-6,12-13H2,1-2H3. The Kier molecular flexibility index (Phi) is 8.35.